The molecular weight excluding hydrogens is 297 g/mol. The Kier molecular flexibility index (Phi) is 3.37. The molecule has 2 aliphatic rings. The van der Waals surface area contributed by atoms with E-state index < -0.39 is 15.8 Å². The Bertz CT molecular complexity index is 692. The summed E-state index contributed by atoms with van der Waals surface area (Å²) in [5.74, 6) is -0.490. The van der Waals surface area contributed by atoms with Crippen LogP contribution in [0, 0.1) is 5.82 Å². The summed E-state index contributed by atoms with van der Waals surface area (Å²) in [4.78, 5) is 13.3. The van der Waals surface area contributed by atoms with Gasteiger partial charge in [0.2, 0.25) is 15.9 Å². The number of benzene rings is 1. The second-order valence-corrected chi connectivity index (χ2v) is 7.23. The molecule has 114 valence electrons. The fourth-order valence-electron chi connectivity index (χ4n) is 2.95. The molecule has 2 heterocycles. The van der Waals surface area contributed by atoms with Crippen LogP contribution in [0.3, 0.4) is 0 Å². The predicted molar refractivity (Wildman–Crippen MR) is 74.3 cm³/mol. The number of anilines is 1. The van der Waals surface area contributed by atoms with Crippen LogP contribution in [0.25, 0.3) is 0 Å². The number of fused-ring (bicyclic) bond motifs is 1. The van der Waals surface area contributed by atoms with Crippen molar-refractivity contribution in [2.24, 2.45) is 0 Å². The van der Waals surface area contributed by atoms with Crippen LogP contribution in [0.4, 0.5) is 10.1 Å². The van der Waals surface area contributed by atoms with E-state index in [1.165, 1.54) is 10.4 Å². The van der Waals surface area contributed by atoms with Crippen LogP contribution in [0.15, 0.2) is 23.1 Å². The van der Waals surface area contributed by atoms with Crippen molar-refractivity contribution in [3.63, 3.8) is 0 Å². The molecule has 0 spiro atoms. The number of piperazine rings is 1. The highest BCUT2D eigenvalue weighted by Gasteiger charge is 2.40. The van der Waals surface area contributed by atoms with E-state index in [1.54, 1.807) is 4.90 Å². The first-order valence-electron chi connectivity index (χ1n) is 6.74. The Labute approximate surface area is 122 Å². The summed E-state index contributed by atoms with van der Waals surface area (Å²) in [5.41, 5.74) is 5.54. The average molecular weight is 313 g/mol. The predicted octanol–water partition coefficient (Wildman–Crippen LogP) is 0.403. The number of hydrogen-bond acceptors (Lipinski definition) is 4. The quantitative estimate of drug-likeness (QED) is 0.801. The third-order valence-corrected chi connectivity index (χ3v) is 5.99. The molecule has 0 aliphatic carbocycles. The Morgan fingerprint density at radius 3 is 2.76 bits per heavy atom. The van der Waals surface area contributed by atoms with Crippen LogP contribution in [-0.4, -0.2) is 49.2 Å². The number of amides is 1. The maximum atomic E-state index is 13.1. The SMILES string of the molecule is Nc1cc(F)ccc1S(=O)(=O)N1CCN2C(=O)CCC2C1. The summed E-state index contributed by atoms with van der Waals surface area (Å²) >= 11 is 0. The van der Waals surface area contributed by atoms with Crippen LogP contribution in [0.1, 0.15) is 12.8 Å². The van der Waals surface area contributed by atoms with Gasteiger partial charge >= 0.3 is 0 Å². The number of sulfonamides is 1. The Morgan fingerprint density at radius 2 is 2.05 bits per heavy atom. The van der Waals surface area contributed by atoms with Gasteiger partial charge in [-0.25, -0.2) is 12.8 Å². The first kappa shape index (κ1) is 14.3. The van der Waals surface area contributed by atoms with Gasteiger partial charge in [-0.2, -0.15) is 4.31 Å². The summed E-state index contributed by atoms with van der Waals surface area (Å²) in [5, 5.41) is 0. The molecule has 1 unspecified atom stereocenters. The van der Waals surface area contributed by atoms with Gasteiger partial charge in [0, 0.05) is 32.1 Å². The molecule has 0 aromatic heterocycles. The van der Waals surface area contributed by atoms with Crippen molar-refractivity contribution in [3.05, 3.63) is 24.0 Å². The van der Waals surface area contributed by atoms with E-state index in [0.29, 0.717) is 19.4 Å². The summed E-state index contributed by atoms with van der Waals surface area (Å²) in [6.07, 6.45) is 1.14. The minimum Gasteiger partial charge on any atom is -0.398 e. The lowest BCUT2D eigenvalue weighted by atomic mass is 10.2. The van der Waals surface area contributed by atoms with Gasteiger partial charge in [-0.05, 0) is 24.6 Å². The molecule has 6 nitrogen and oxygen atoms in total. The normalized spacial score (nSPS) is 23.4. The number of hydrogen-bond donors (Lipinski definition) is 1. The van der Waals surface area contributed by atoms with Crippen molar-refractivity contribution in [1.29, 1.82) is 0 Å². The van der Waals surface area contributed by atoms with E-state index in [2.05, 4.69) is 0 Å². The van der Waals surface area contributed by atoms with Crippen molar-refractivity contribution in [1.82, 2.24) is 9.21 Å². The van der Waals surface area contributed by atoms with E-state index in [9.17, 15) is 17.6 Å². The highest BCUT2D eigenvalue weighted by molar-refractivity contribution is 7.89. The largest absolute Gasteiger partial charge is 0.398 e. The van der Waals surface area contributed by atoms with Crippen LogP contribution in [0.2, 0.25) is 0 Å². The third kappa shape index (κ3) is 2.38. The van der Waals surface area contributed by atoms with Gasteiger partial charge in [0.15, 0.2) is 0 Å². The smallest absolute Gasteiger partial charge is 0.245 e. The maximum Gasteiger partial charge on any atom is 0.245 e. The monoisotopic (exact) mass is 313 g/mol. The summed E-state index contributed by atoms with van der Waals surface area (Å²) in [6, 6.07) is 3.20. The van der Waals surface area contributed by atoms with Crippen molar-refractivity contribution >= 4 is 21.6 Å². The van der Waals surface area contributed by atoms with Gasteiger partial charge in [0.1, 0.15) is 10.7 Å². The zero-order valence-electron chi connectivity index (χ0n) is 11.3. The van der Waals surface area contributed by atoms with Gasteiger partial charge < -0.3 is 10.6 Å². The molecule has 1 amide bonds. The number of nitrogens with zero attached hydrogens (tertiary/aromatic N) is 2. The molecule has 2 saturated heterocycles. The molecular formula is C13H16FN3O3S. The summed E-state index contributed by atoms with van der Waals surface area (Å²) in [6.45, 7) is 0.899. The van der Waals surface area contributed by atoms with E-state index in [4.69, 9.17) is 5.73 Å². The number of carbonyl (C=O) groups excluding carboxylic acids is 1. The number of nitrogen functional groups attached to an aromatic ring is 1. The molecule has 2 N–H and O–H groups in total. The van der Waals surface area contributed by atoms with Gasteiger partial charge in [-0.1, -0.05) is 0 Å². The highest BCUT2D eigenvalue weighted by atomic mass is 32.2. The standard InChI is InChI=1S/C13H16FN3O3S/c14-9-1-3-12(11(15)7-9)21(19,20)16-5-6-17-10(8-16)2-4-13(17)18/h1,3,7,10H,2,4-6,8,15H2. The molecule has 2 aliphatic heterocycles. The van der Waals surface area contributed by atoms with Crippen LogP contribution >= 0.6 is 0 Å². The lowest BCUT2D eigenvalue weighted by Crippen LogP contribution is -2.53. The average Bonchev–Trinajstić information content (AvgIpc) is 2.79. The highest BCUT2D eigenvalue weighted by Crippen LogP contribution is 2.28. The minimum atomic E-state index is -3.76. The number of halogens is 1. The molecule has 8 heteroatoms. The molecule has 0 bridgehead atoms. The van der Waals surface area contributed by atoms with Crippen LogP contribution in [-0.2, 0) is 14.8 Å². The third-order valence-electron chi connectivity index (χ3n) is 4.05. The molecule has 3 rings (SSSR count). The van der Waals surface area contributed by atoms with Crippen molar-refractivity contribution < 1.29 is 17.6 Å². The fraction of sp³-hybridized carbons (Fsp3) is 0.462. The van der Waals surface area contributed by atoms with Gasteiger partial charge in [-0.15, -0.1) is 0 Å². The van der Waals surface area contributed by atoms with Crippen molar-refractivity contribution in [3.8, 4) is 0 Å². The molecule has 2 fully saturated rings. The lowest BCUT2D eigenvalue weighted by molar-refractivity contribution is -0.130. The van der Waals surface area contributed by atoms with Gasteiger partial charge in [-0.3, -0.25) is 4.79 Å². The minimum absolute atomic E-state index is 0.0669. The fourth-order valence-corrected chi connectivity index (χ4v) is 4.51. The Morgan fingerprint density at radius 1 is 1.29 bits per heavy atom. The summed E-state index contributed by atoms with van der Waals surface area (Å²) in [7, 11) is -3.76. The first-order chi connectivity index (χ1) is 9.89. The lowest BCUT2D eigenvalue weighted by Gasteiger charge is -2.36. The zero-order chi connectivity index (χ0) is 15.2. The molecule has 1 aromatic rings. The van der Waals surface area contributed by atoms with Gasteiger partial charge in [0.05, 0.1) is 5.69 Å². The van der Waals surface area contributed by atoms with Crippen molar-refractivity contribution in [2.45, 2.75) is 23.8 Å². The van der Waals surface area contributed by atoms with Crippen LogP contribution < -0.4 is 5.73 Å². The zero-order valence-corrected chi connectivity index (χ0v) is 12.1. The second kappa shape index (κ2) is 4.96. The Balaban J connectivity index is 1.87. The summed E-state index contributed by atoms with van der Waals surface area (Å²) < 4.78 is 39.6. The molecule has 1 atom stereocenters. The first-order valence-corrected chi connectivity index (χ1v) is 8.18. The van der Waals surface area contributed by atoms with Gasteiger partial charge in [0.25, 0.3) is 0 Å². The second-order valence-electron chi connectivity index (χ2n) is 5.32. The number of nitrogens with two attached hydrogens (primary N) is 1. The van der Waals surface area contributed by atoms with E-state index in [-0.39, 0.29) is 35.6 Å². The number of rotatable bonds is 2. The Hall–Kier alpha value is -1.67. The van der Waals surface area contributed by atoms with E-state index in [0.717, 1.165) is 12.1 Å². The molecule has 0 radical (unpaired) electrons. The molecule has 1 aromatic carbocycles. The van der Waals surface area contributed by atoms with Crippen molar-refractivity contribution in [2.75, 3.05) is 25.4 Å². The number of carbonyl (C=O) groups is 1. The van der Waals surface area contributed by atoms with Crippen LogP contribution in [0.5, 0.6) is 0 Å². The van der Waals surface area contributed by atoms with E-state index >= 15 is 0 Å². The maximum absolute atomic E-state index is 13.1. The topological polar surface area (TPSA) is 83.7 Å². The molecule has 0 saturated carbocycles. The molecule has 21 heavy (non-hydrogen) atoms. The van der Waals surface area contributed by atoms with E-state index in [1.807, 2.05) is 0 Å².